The van der Waals surface area contributed by atoms with Crippen molar-refractivity contribution in [3.63, 3.8) is 0 Å². The second kappa shape index (κ2) is 5.60. The average molecular weight is 315 g/mol. The number of aliphatic hydroxyl groups excluding tert-OH is 1. The summed E-state index contributed by atoms with van der Waals surface area (Å²) in [5.74, 6) is 1.91. The Hall–Kier alpha value is -1.30. The molecule has 2 aromatic rings. The minimum absolute atomic E-state index is 0.130. The maximum absolute atomic E-state index is 9.30. The van der Waals surface area contributed by atoms with Gasteiger partial charge in [0.15, 0.2) is 6.61 Å². The first-order valence-electron chi connectivity index (χ1n) is 6.21. The van der Waals surface area contributed by atoms with Gasteiger partial charge in [0.1, 0.15) is 5.75 Å². The Morgan fingerprint density at radius 3 is 2.85 bits per heavy atom. The normalized spacial score (nSPS) is 14.6. The maximum atomic E-state index is 9.30. The number of aliphatic hydroxyl groups is 1. The molecule has 106 valence electrons. The molecular formula is C13H12Cl2N2O3. The van der Waals surface area contributed by atoms with Crippen LogP contribution in [0.25, 0.3) is 0 Å². The zero-order chi connectivity index (χ0) is 14.1. The van der Waals surface area contributed by atoms with Crippen LogP contribution in [0.5, 0.6) is 5.75 Å². The molecule has 0 radical (unpaired) electrons. The summed E-state index contributed by atoms with van der Waals surface area (Å²) in [5, 5.41) is 13.9. The lowest BCUT2D eigenvalue weighted by atomic mass is 10.2. The number of hydrogen-bond donors (Lipinski definition) is 1. The molecule has 1 aliphatic rings. The van der Waals surface area contributed by atoms with Gasteiger partial charge in [-0.05, 0) is 25.0 Å². The van der Waals surface area contributed by atoms with Gasteiger partial charge < -0.3 is 14.4 Å². The van der Waals surface area contributed by atoms with Crippen LogP contribution in [0.2, 0.25) is 10.0 Å². The Kier molecular flexibility index (Phi) is 3.83. The maximum Gasteiger partial charge on any atom is 0.229 e. The molecular weight excluding hydrogens is 303 g/mol. The van der Waals surface area contributed by atoms with Crippen LogP contribution < -0.4 is 4.74 Å². The van der Waals surface area contributed by atoms with E-state index in [-0.39, 0.29) is 13.2 Å². The molecule has 1 saturated carbocycles. The number of halogens is 2. The van der Waals surface area contributed by atoms with Crippen LogP contribution >= 0.6 is 23.2 Å². The molecule has 1 aromatic carbocycles. The molecule has 20 heavy (non-hydrogen) atoms. The third kappa shape index (κ3) is 2.90. The first kappa shape index (κ1) is 13.7. The minimum atomic E-state index is -0.213. The van der Waals surface area contributed by atoms with Gasteiger partial charge in [0.2, 0.25) is 11.7 Å². The van der Waals surface area contributed by atoms with E-state index in [0.717, 1.165) is 12.8 Å². The van der Waals surface area contributed by atoms with Gasteiger partial charge in [-0.2, -0.15) is 4.98 Å². The number of hydrogen-bond acceptors (Lipinski definition) is 5. The van der Waals surface area contributed by atoms with E-state index < -0.39 is 0 Å². The van der Waals surface area contributed by atoms with Gasteiger partial charge in [-0.15, -0.1) is 0 Å². The number of aromatic nitrogens is 2. The predicted molar refractivity (Wildman–Crippen MR) is 73.0 cm³/mol. The van der Waals surface area contributed by atoms with Gasteiger partial charge >= 0.3 is 0 Å². The van der Waals surface area contributed by atoms with Crippen LogP contribution in [0.15, 0.2) is 16.7 Å². The molecule has 0 amide bonds. The lowest BCUT2D eigenvalue weighted by Gasteiger charge is -2.10. The quantitative estimate of drug-likeness (QED) is 0.916. The zero-order valence-electron chi connectivity index (χ0n) is 10.5. The Labute approximate surface area is 125 Å². The third-order valence-electron chi connectivity index (χ3n) is 3.01. The Morgan fingerprint density at radius 1 is 1.35 bits per heavy atom. The van der Waals surface area contributed by atoms with Gasteiger partial charge in [-0.25, -0.2) is 0 Å². The van der Waals surface area contributed by atoms with E-state index in [9.17, 15) is 5.11 Å². The smallest absolute Gasteiger partial charge is 0.229 e. The fourth-order valence-electron chi connectivity index (χ4n) is 1.85. The molecule has 1 aromatic heterocycles. The van der Waals surface area contributed by atoms with Crippen LogP contribution in [0.3, 0.4) is 0 Å². The summed E-state index contributed by atoms with van der Waals surface area (Å²) in [6.07, 6.45) is 2.19. The molecule has 0 unspecified atom stereocenters. The van der Waals surface area contributed by atoms with Gasteiger partial charge in [0, 0.05) is 16.5 Å². The summed E-state index contributed by atoms with van der Waals surface area (Å²) in [6.45, 7) is -0.0836. The molecule has 0 bridgehead atoms. The van der Waals surface area contributed by atoms with Crippen molar-refractivity contribution < 1.29 is 14.4 Å². The number of nitrogens with zero attached hydrogens (tertiary/aromatic N) is 2. The minimum Gasteiger partial charge on any atom is -0.484 e. The summed E-state index contributed by atoms with van der Waals surface area (Å²) >= 11 is 11.9. The van der Waals surface area contributed by atoms with Crippen LogP contribution in [0, 0.1) is 0 Å². The highest BCUT2D eigenvalue weighted by atomic mass is 35.5. The lowest BCUT2D eigenvalue weighted by molar-refractivity contribution is 0.253. The summed E-state index contributed by atoms with van der Waals surface area (Å²) < 4.78 is 10.7. The highest BCUT2D eigenvalue weighted by Gasteiger charge is 2.29. The molecule has 1 fully saturated rings. The SMILES string of the molecule is OCc1cc(Cl)cc(Cl)c1OCc1noc(C2CC2)n1. The van der Waals surface area contributed by atoms with Crippen molar-refractivity contribution in [3.8, 4) is 5.75 Å². The lowest BCUT2D eigenvalue weighted by Crippen LogP contribution is -2.01. The van der Waals surface area contributed by atoms with Crippen molar-refractivity contribution in [3.05, 3.63) is 39.5 Å². The Bertz CT molecular complexity index is 626. The fraction of sp³-hybridized carbons (Fsp3) is 0.385. The molecule has 5 nitrogen and oxygen atoms in total. The van der Waals surface area contributed by atoms with E-state index >= 15 is 0 Å². The van der Waals surface area contributed by atoms with Crippen LogP contribution in [-0.2, 0) is 13.2 Å². The number of benzene rings is 1. The predicted octanol–water partition coefficient (Wildman–Crippen LogP) is 3.33. The van der Waals surface area contributed by atoms with E-state index in [1.807, 2.05) is 0 Å². The van der Waals surface area contributed by atoms with Crippen molar-refractivity contribution in [2.24, 2.45) is 0 Å². The van der Waals surface area contributed by atoms with E-state index in [4.69, 9.17) is 32.5 Å². The van der Waals surface area contributed by atoms with E-state index in [2.05, 4.69) is 10.1 Å². The molecule has 3 rings (SSSR count). The molecule has 0 aliphatic heterocycles. The summed E-state index contributed by atoms with van der Waals surface area (Å²) in [6, 6.07) is 3.16. The first-order valence-corrected chi connectivity index (χ1v) is 6.97. The molecule has 0 saturated heterocycles. The molecule has 1 aliphatic carbocycles. The van der Waals surface area contributed by atoms with Gasteiger partial charge in [-0.1, -0.05) is 28.4 Å². The second-order valence-electron chi connectivity index (χ2n) is 4.65. The van der Waals surface area contributed by atoms with Crippen LogP contribution in [-0.4, -0.2) is 15.2 Å². The van der Waals surface area contributed by atoms with Gasteiger partial charge in [0.05, 0.1) is 11.6 Å². The first-order chi connectivity index (χ1) is 9.67. The van der Waals surface area contributed by atoms with Crippen molar-refractivity contribution >= 4 is 23.2 Å². The van der Waals surface area contributed by atoms with Gasteiger partial charge in [-0.3, -0.25) is 0 Å². The van der Waals surface area contributed by atoms with Crippen molar-refractivity contribution in [2.75, 3.05) is 0 Å². The van der Waals surface area contributed by atoms with E-state index in [0.29, 0.717) is 39.0 Å². The van der Waals surface area contributed by atoms with Crippen molar-refractivity contribution in [1.29, 1.82) is 0 Å². The molecule has 7 heteroatoms. The Balaban J connectivity index is 1.73. The summed E-state index contributed by atoms with van der Waals surface area (Å²) in [7, 11) is 0. The van der Waals surface area contributed by atoms with Crippen LogP contribution in [0.1, 0.15) is 36.0 Å². The fourth-order valence-corrected chi connectivity index (χ4v) is 2.44. The zero-order valence-corrected chi connectivity index (χ0v) is 12.0. The third-order valence-corrected chi connectivity index (χ3v) is 3.51. The largest absolute Gasteiger partial charge is 0.484 e. The highest BCUT2D eigenvalue weighted by Crippen LogP contribution is 2.39. The molecule has 1 heterocycles. The van der Waals surface area contributed by atoms with Crippen LogP contribution in [0.4, 0.5) is 0 Å². The van der Waals surface area contributed by atoms with E-state index in [1.54, 1.807) is 12.1 Å². The molecule has 0 spiro atoms. The summed E-state index contributed by atoms with van der Waals surface area (Å²) in [5.41, 5.74) is 0.522. The topological polar surface area (TPSA) is 68.4 Å². The number of ether oxygens (including phenoxy) is 1. The molecule has 1 N–H and O–H groups in total. The summed E-state index contributed by atoms with van der Waals surface area (Å²) in [4.78, 5) is 4.26. The van der Waals surface area contributed by atoms with Crippen molar-refractivity contribution in [1.82, 2.24) is 10.1 Å². The second-order valence-corrected chi connectivity index (χ2v) is 5.49. The standard InChI is InChI=1S/C13H12Cl2N2O3/c14-9-3-8(5-18)12(10(15)4-9)19-6-11-16-13(20-17-11)7-1-2-7/h3-4,7,18H,1-2,5-6H2. The Morgan fingerprint density at radius 2 is 2.15 bits per heavy atom. The molecule has 0 atom stereocenters. The van der Waals surface area contributed by atoms with E-state index in [1.165, 1.54) is 0 Å². The van der Waals surface area contributed by atoms with Gasteiger partial charge in [0.25, 0.3) is 0 Å². The van der Waals surface area contributed by atoms with Crippen molar-refractivity contribution in [2.45, 2.75) is 32.0 Å². The highest BCUT2D eigenvalue weighted by molar-refractivity contribution is 6.35. The monoisotopic (exact) mass is 314 g/mol. The average Bonchev–Trinajstić information content (AvgIpc) is 3.16. The number of rotatable bonds is 5.